The third-order valence-electron chi connectivity index (χ3n) is 9.95. The number of hydrogen-bond donors (Lipinski definition) is 0. The summed E-state index contributed by atoms with van der Waals surface area (Å²) in [5.74, 6) is 2.53. The minimum atomic E-state index is -0.333. The van der Waals surface area contributed by atoms with Crippen LogP contribution < -0.4 is 24.0 Å². The summed E-state index contributed by atoms with van der Waals surface area (Å²) in [7, 11) is 1.68. The average Bonchev–Trinajstić information content (AvgIpc) is 3.31. The molecule has 8 rings (SSSR count). The first-order chi connectivity index (χ1) is 30.0. The van der Waals surface area contributed by atoms with E-state index in [0.29, 0.717) is 5.75 Å². The van der Waals surface area contributed by atoms with E-state index in [1.165, 1.54) is 6.92 Å². The Bertz CT molecular complexity index is 2700. The SMILES string of the molecule is COc1ccc(/C=C/c2ccc(N(c3ccccc3)c3ccc(Oc4ccc(N(c5ccccc5)c5ccc(/C=C/c6ccc(OC(C)=O)cc6)cc5)cc4)cc3)cc2)cc1. The molecule has 0 saturated carbocycles. The highest BCUT2D eigenvalue weighted by Crippen LogP contribution is 2.38. The molecule has 0 aliphatic carbocycles. The van der Waals surface area contributed by atoms with Gasteiger partial charge in [0.25, 0.3) is 0 Å². The number of esters is 1. The standard InChI is InChI=1S/C55H44N2O4/c1-41(58)60-53-35-23-45(24-36-53)16-14-43-19-27-49(28-20-43)57(47-11-7-4-8-12-47)51-31-39-55(40-32-51)61-54-37-29-50(30-38-54)56(46-9-5-3-6-10-46)48-25-17-42(18-26-48)13-15-44-21-33-52(59-2)34-22-44/h3-40H,1-2H3/b15-13+,16-14+. The fourth-order valence-corrected chi connectivity index (χ4v) is 6.89. The predicted molar refractivity (Wildman–Crippen MR) is 251 cm³/mol. The largest absolute Gasteiger partial charge is 0.497 e. The molecule has 8 aromatic rings. The number of carbonyl (C=O) groups excluding carboxylic acids is 1. The van der Waals surface area contributed by atoms with Gasteiger partial charge in [-0.25, -0.2) is 0 Å². The zero-order valence-electron chi connectivity index (χ0n) is 34.0. The summed E-state index contributed by atoms with van der Waals surface area (Å²) in [5, 5.41) is 0. The molecule has 0 bridgehead atoms. The van der Waals surface area contributed by atoms with Crippen molar-refractivity contribution in [3.8, 4) is 23.0 Å². The van der Waals surface area contributed by atoms with Gasteiger partial charge in [-0.1, -0.05) is 109 Å². The highest BCUT2D eigenvalue weighted by molar-refractivity contribution is 5.80. The highest BCUT2D eigenvalue weighted by atomic mass is 16.5. The van der Waals surface area contributed by atoms with Crippen LogP contribution >= 0.6 is 0 Å². The Morgan fingerprint density at radius 2 is 0.639 bits per heavy atom. The number of benzene rings is 8. The second kappa shape index (κ2) is 19.1. The number of methoxy groups -OCH3 is 1. The number of hydrogen-bond acceptors (Lipinski definition) is 6. The maximum absolute atomic E-state index is 11.2. The fourth-order valence-electron chi connectivity index (χ4n) is 6.89. The van der Waals surface area contributed by atoms with Crippen molar-refractivity contribution in [3.63, 3.8) is 0 Å². The topological polar surface area (TPSA) is 51.2 Å². The summed E-state index contributed by atoms with van der Waals surface area (Å²) in [6, 6.07) is 69.5. The van der Waals surface area contributed by atoms with Gasteiger partial charge >= 0.3 is 5.97 Å². The number of carbonyl (C=O) groups is 1. The Hall–Kier alpha value is -8.09. The van der Waals surface area contributed by atoms with Crippen LogP contribution in [0.25, 0.3) is 24.3 Å². The number of anilines is 6. The summed E-state index contributed by atoms with van der Waals surface area (Å²) in [4.78, 5) is 15.7. The van der Waals surface area contributed by atoms with Gasteiger partial charge in [0.2, 0.25) is 0 Å². The lowest BCUT2D eigenvalue weighted by Gasteiger charge is -2.26. The summed E-state index contributed by atoms with van der Waals surface area (Å²) < 4.78 is 16.8. The first-order valence-electron chi connectivity index (χ1n) is 20.0. The molecule has 6 nitrogen and oxygen atoms in total. The molecule has 0 saturated heterocycles. The predicted octanol–water partition coefficient (Wildman–Crippen LogP) is 14.7. The van der Waals surface area contributed by atoms with Crippen molar-refractivity contribution < 1.29 is 19.0 Å². The van der Waals surface area contributed by atoms with Crippen molar-refractivity contribution in [2.45, 2.75) is 6.92 Å². The lowest BCUT2D eigenvalue weighted by Crippen LogP contribution is -2.09. The molecule has 8 aromatic carbocycles. The van der Waals surface area contributed by atoms with Crippen molar-refractivity contribution in [1.29, 1.82) is 0 Å². The van der Waals surface area contributed by atoms with Gasteiger partial charge in [-0.05, 0) is 144 Å². The maximum Gasteiger partial charge on any atom is 0.308 e. The van der Waals surface area contributed by atoms with E-state index >= 15 is 0 Å². The molecule has 6 heteroatoms. The van der Waals surface area contributed by atoms with Gasteiger partial charge < -0.3 is 24.0 Å². The molecule has 298 valence electrons. The van der Waals surface area contributed by atoms with Crippen LogP contribution in [0.3, 0.4) is 0 Å². The minimum absolute atomic E-state index is 0.333. The van der Waals surface area contributed by atoms with Crippen molar-refractivity contribution in [1.82, 2.24) is 0 Å². The van der Waals surface area contributed by atoms with Crippen LogP contribution in [0, 0.1) is 0 Å². The van der Waals surface area contributed by atoms with Gasteiger partial charge in [0.15, 0.2) is 0 Å². The van der Waals surface area contributed by atoms with Crippen LogP contribution in [-0.4, -0.2) is 13.1 Å². The molecular weight excluding hydrogens is 753 g/mol. The zero-order chi connectivity index (χ0) is 41.8. The van der Waals surface area contributed by atoms with Crippen molar-refractivity contribution in [2.75, 3.05) is 16.9 Å². The van der Waals surface area contributed by atoms with Gasteiger partial charge in [0, 0.05) is 41.0 Å². The molecule has 0 atom stereocenters. The molecule has 0 N–H and O–H groups in total. The monoisotopic (exact) mass is 796 g/mol. The molecule has 0 spiro atoms. The van der Waals surface area contributed by atoms with Gasteiger partial charge in [-0.3, -0.25) is 4.79 Å². The van der Waals surface area contributed by atoms with Crippen LogP contribution in [0.4, 0.5) is 34.1 Å². The Balaban J connectivity index is 0.963. The molecule has 0 heterocycles. The quantitative estimate of drug-likeness (QED) is 0.0621. The summed E-state index contributed by atoms with van der Waals surface area (Å²) >= 11 is 0. The van der Waals surface area contributed by atoms with Crippen molar-refractivity contribution >= 4 is 64.4 Å². The van der Waals surface area contributed by atoms with E-state index in [2.05, 4.69) is 137 Å². The number of ether oxygens (including phenoxy) is 3. The van der Waals surface area contributed by atoms with Crippen LogP contribution in [-0.2, 0) is 4.79 Å². The van der Waals surface area contributed by atoms with E-state index in [0.717, 1.165) is 73.6 Å². The molecule has 0 aliphatic rings. The molecule has 0 fully saturated rings. The molecule has 61 heavy (non-hydrogen) atoms. The van der Waals surface area contributed by atoms with E-state index in [-0.39, 0.29) is 5.97 Å². The van der Waals surface area contributed by atoms with Gasteiger partial charge in [-0.15, -0.1) is 0 Å². The van der Waals surface area contributed by atoms with Crippen molar-refractivity contribution in [3.05, 3.63) is 229 Å². The van der Waals surface area contributed by atoms with E-state index in [1.807, 2.05) is 91.0 Å². The highest BCUT2D eigenvalue weighted by Gasteiger charge is 2.14. The van der Waals surface area contributed by atoms with Crippen molar-refractivity contribution in [2.24, 2.45) is 0 Å². The fraction of sp³-hybridized carbons (Fsp3) is 0.0364. The Kier molecular flexibility index (Phi) is 12.4. The van der Waals surface area contributed by atoms with E-state index in [4.69, 9.17) is 14.2 Å². The van der Waals surface area contributed by atoms with E-state index in [9.17, 15) is 4.79 Å². The molecule has 0 aliphatic heterocycles. The van der Waals surface area contributed by atoms with Crippen LogP contribution in [0.5, 0.6) is 23.0 Å². The smallest absolute Gasteiger partial charge is 0.308 e. The van der Waals surface area contributed by atoms with Gasteiger partial charge in [0.05, 0.1) is 7.11 Å². The van der Waals surface area contributed by atoms with Crippen LogP contribution in [0.2, 0.25) is 0 Å². The van der Waals surface area contributed by atoms with E-state index in [1.54, 1.807) is 19.2 Å². The average molecular weight is 797 g/mol. The number of para-hydroxylation sites is 2. The lowest BCUT2D eigenvalue weighted by molar-refractivity contribution is -0.131. The second-order valence-electron chi connectivity index (χ2n) is 14.2. The molecule has 0 amide bonds. The summed E-state index contributed by atoms with van der Waals surface area (Å²) in [6.07, 6.45) is 8.33. The first kappa shape index (κ1) is 39.7. The van der Waals surface area contributed by atoms with Crippen LogP contribution in [0.1, 0.15) is 29.2 Å². The van der Waals surface area contributed by atoms with Gasteiger partial charge in [-0.2, -0.15) is 0 Å². The molecule has 0 aromatic heterocycles. The molecule has 0 radical (unpaired) electrons. The van der Waals surface area contributed by atoms with E-state index < -0.39 is 0 Å². The normalized spacial score (nSPS) is 11.0. The Morgan fingerprint density at radius 1 is 0.361 bits per heavy atom. The second-order valence-corrected chi connectivity index (χ2v) is 14.2. The summed E-state index contributed by atoms with van der Waals surface area (Å²) in [5.41, 5.74) is 10.5. The Labute approximate surface area is 357 Å². The Morgan fingerprint density at radius 3 is 0.967 bits per heavy atom. The maximum atomic E-state index is 11.2. The zero-order valence-corrected chi connectivity index (χ0v) is 34.0. The minimum Gasteiger partial charge on any atom is -0.497 e. The molecular formula is C55H44N2O4. The third kappa shape index (κ3) is 10.3. The first-order valence-corrected chi connectivity index (χ1v) is 20.0. The number of nitrogens with zero attached hydrogens (tertiary/aromatic N) is 2. The summed E-state index contributed by atoms with van der Waals surface area (Å²) in [6.45, 7) is 1.40. The third-order valence-corrected chi connectivity index (χ3v) is 9.95. The van der Waals surface area contributed by atoms with Crippen LogP contribution in [0.15, 0.2) is 206 Å². The molecule has 0 unspecified atom stereocenters. The lowest BCUT2D eigenvalue weighted by atomic mass is 10.1. The number of rotatable bonds is 14. The van der Waals surface area contributed by atoms with Gasteiger partial charge in [0.1, 0.15) is 23.0 Å².